The van der Waals surface area contributed by atoms with Gasteiger partial charge in [-0.3, -0.25) is 0 Å². The molecule has 0 atom stereocenters. The van der Waals surface area contributed by atoms with Crippen molar-refractivity contribution in [3.05, 3.63) is 311 Å². The van der Waals surface area contributed by atoms with Gasteiger partial charge in [0, 0.05) is 111 Å². The summed E-state index contributed by atoms with van der Waals surface area (Å²) in [5.41, 5.74) is 34.2. The number of nitrogens with one attached hydrogen (secondary N) is 5. The molecule has 7 aromatic heterocycles. The molecule has 4 aliphatic rings. The summed E-state index contributed by atoms with van der Waals surface area (Å²) in [6.45, 7) is 13.9. The summed E-state index contributed by atoms with van der Waals surface area (Å²) in [4.78, 5) is 43.4. The zero-order valence-electron chi connectivity index (χ0n) is 59.2. The second-order valence-electron chi connectivity index (χ2n) is 29.7. The van der Waals surface area contributed by atoms with Crippen molar-refractivity contribution in [2.24, 2.45) is 0 Å². The van der Waals surface area contributed by atoms with E-state index < -0.39 is 0 Å². The quantitative estimate of drug-likeness (QED) is 0.104. The Balaban J connectivity index is 0.949. The molecule has 0 saturated carbocycles. The van der Waals surface area contributed by atoms with E-state index in [2.05, 4.69) is 370 Å². The molecular formula is C96H73N9. The lowest BCUT2D eigenvalue weighted by Gasteiger charge is -2.22. The Bertz CT molecular complexity index is 6070. The van der Waals surface area contributed by atoms with Crippen molar-refractivity contribution in [3.8, 4) is 89.0 Å². The fourth-order valence-corrected chi connectivity index (χ4v) is 15.8. The van der Waals surface area contributed by atoms with Crippen molar-refractivity contribution in [3.63, 3.8) is 0 Å². The molecule has 0 fully saturated rings. The molecule has 19 rings (SSSR count). The van der Waals surface area contributed by atoms with Crippen LogP contribution in [0.4, 0.5) is 0 Å². The number of hydrogen-bond acceptors (Lipinski definition) is 4. The molecule has 4 aliphatic heterocycles. The van der Waals surface area contributed by atoms with Gasteiger partial charge in [0.05, 0.1) is 56.6 Å². The van der Waals surface area contributed by atoms with Gasteiger partial charge in [-0.1, -0.05) is 224 Å². The first-order valence-electron chi connectivity index (χ1n) is 36.1. The predicted octanol–water partition coefficient (Wildman–Crippen LogP) is 25.2. The number of fused-ring (bicyclic) bond motifs is 19. The highest BCUT2D eigenvalue weighted by Gasteiger charge is 2.29. The van der Waals surface area contributed by atoms with Crippen LogP contribution in [0.3, 0.4) is 0 Å². The second-order valence-corrected chi connectivity index (χ2v) is 29.7. The third-order valence-electron chi connectivity index (χ3n) is 21.0. The minimum Gasteiger partial charge on any atom is -0.354 e. The minimum atomic E-state index is -0.293. The molecule has 0 aliphatic carbocycles. The molecule has 0 spiro atoms. The van der Waals surface area contributed by atoms with Crippen molar-refractivity contribution in [1.82, 2.24) is 44.9 Å². The van der Waals surface area contributed by atoms with Crippen LogP contribution in [0.25, 0.3) is 204 Å². The van der Waals surface area contributed by atoms with Crippen LogP contribution in [-0.2, 0) is 10.8 Å². The molecule has 105 heavy (non-hydrogen) atoms. The van der Waals surface area contributed by atoms with Gasteiger partial charge in [0.1, 0.15) is 0 Å². The van der Waals surface area contributed by atoms with Crippen LogP contribution in [0.15, 0.2) is 255 Å². The number of rotatable bonds is 8. The lowest BCUT2D eigenvalue weighted by atomic mass is 9.82. The molecule has 15 aromatic rings. The summed E-state index contributed by atoms with van der Waals surface area (Å²) in [7, 11) is 0. The molecular weight excluding hydrogens is 1280 g/mol. The van der Waals surface area contributed by atoms with E-state index in [0.717, 1.165) is 201 Å². The first-order chi connectivity index (χ1) is 51.3. The van der Waals surface area contributed by atoms with Crippen LogP contribution in [0.1, 0.15) is 98.2 Å². The number of aromatic amines is 5. The van der Waals surface area contributed by atoms with Crippen LogP contribution >= 0.6 is 0 Å². The zero-order valence-corrected chi connectivity index (χ0v) is 59.2. The van der Waals surface area contributed by atoms with Gasteiger partial charge in [-0.05, 0) is 177 Å². The summed E-state index contributed by atoms with van der Waals surface area (Å²) >= 11 is 0. The Labute approximate surface area is 608 Å². The molecule has 9 nitrogen and oxygen atoms in total. The van der Waals surface area contributed by atoms with Gasteiger partial charge < -0.3 is 24.9 Å². The van der Waals surface area contributed by atoms with Gasteiger partial charge >= 0.3 is 0 Å². The molecule has 0 unspecified atom stereocenters. The Kier molecular flexibility index (Phi) is 14.8. The van der Waals surface area contributed by atoms with E-state index in [4.69, 9.17) is 19.9 Å². The van der Waals surface area contributed by atoms with Gasteiger partial charge in [-0.2, -0.15) is 0 Å². The van der Waals surface area contributed by atoms with Gasteiger partial charge in [0.15, 0.2) is 0 Å². The number of aromatic nitrogens is 9. The van der Waals surface area contributed by atoms with Gasteiger partial charge in [-0.15, -0.1) is 0 Å². The SMILES string of the molecule is CC(C)(C)c1cc(-c2c3nc(c(-c4ccccc4)c4ccc([nH]4)c(-c4ccccc4)c4nc(c(-c5ccccc5)c5ccc2[nH]5)C=C4)C=C3)c2[nH]c3c(-c4c5nc(c(-c6ccccc6)c6ccc([nH]6)c(-c6ccccc6)c6nc(c(-c7ccccc7)c7ccc4[nH]7)C=C6)C=C5)cc(C(C)(C)C)cc3c2c1. The highest BCUT2D eigenvalue weighted by atomic mass is 14.8. The average molecular weight is 1350 g/mol. The molecule has 9 heteroatoms. The van der Waals surface area contributed by atoms with Gasteiger partial charge in [0.2, 0.25) is 0 Å². The second kappa shape index (κ2) is 24.8. The Hall–Kier alpha value is -13.2. The van der Waals surface area contributed by atoms with E-state index in [1.165, 1.54) is 11.1 Å². The first-order valence-corrected chi connectivity index (χ1v) is 36.1. The van der Waals surface area contributed by atoms with E-state index in [9.17, 15) is 0 Å². The van der Waals surface area contributed by atoms with Gasteiger partial charge in [-0.25, -0.2) is 19.9 Å². The Morgan fingerprint density at radius 2 is 0.400 bits per heavy atom. The topological polar surface area (TPSA) is 131 Å². The maximum atomic E-state index is 5.87. The van der Waals surface area contributed by atoms with E-state index in [1.807, 2.05) is 0 Å². The van der Waals surface area contributed by atoms with Crippen molar-refractivity contribution < 1.29 is 0 Å². The minimum absolute atomic E-state index is 0.293. The van der Waals surface area contributed by atoms with Crippen LogP contribution < -0.4 is 0 Å². The largest absolute Gasteiger partial charge is 0.354 e. The molecule has 0 amide bonds. The zero-order chi connectivity index (χ0) is 70.7. The molecule has 11 heterocycles. The molecule has 0 radical (unpaired) electrons. The van der Waals surface area contributed by atoms with Gasteiger partial charge in [0.25, 0.3) is 0 Å². The summed E-state index contributed by atoms with van der Waals surface area (Å²) < 4.78 is 0. The molecule has 502 valence electrons. The summed E-state index contributed by atoms with van der Waals surface area (Å²) in [5, 5.41) is 2.21. The fraction of sp³-hybridized carbons (Fsp3) is 0.0833. The smallest absolute Gasteiger partial charge is 0.0738 e. The summed E-state index contributed by atoms with van der Waals surface area (Å²) in [6.07, 6.45) is 17.5. The molecule has 8 aromatic carbocycles. The van der Waals surface area contributed by atoms with E-state index in [0.29, 0.717) is 0 Å². The Morgan fingerprint density at radius 3 is 0.600 bits per heavy atom. The van der Waals surface area contributed by atoms with Crippen molar-refractivity contribution in [2.75, 3.05) is 0 Å². The molecule has 0 saturated heterocycles. The van der Waals surface area contributed by atoms with Crippen molar-refractivity contribution in [2.45, 2.75) is 52.4 Å². The average Bonchev–Trinajstić information content (AvgIpc) is 1.65. The number of hydrogen-bond donors (Lipinski definition) is 5. The van der Waals surface area contributed by atoms with E-state index in [-0.39, 0.29) is 10.8 Å². The number of H-pyrrole nitrogens is 5. The van der Waals surface area contributed by atoms with E-state index in [1.54, 1.807) is 0 Å². The maximum absolute atomic E-state index is 5.87. The lowest BCUT2D eigenvalue weighted by molar-refractivity contribution is 0.590. The highest BCUT2D eigenvalue weighted by Crippen LogP contribution is 2.48. The van der Waals surface area contributed by atoms with Crippen molar-refractivity contribution in [1.29, 1.82) is 0 Å². The fourth-order valence-electron chi connectivity index (χ4n) is 15.8. The lowest BCUT2D eigenvalue weighted by Crippen LogP contribution is -2.11. The normalized spacial score (nSPS) is 12.7. The molecule has 5 N–H and O–H groups in total. The standard InChI is InChI=1S/C96H73N9/c1-95(2,3)63-53-65-66-54-64(96(4,5)6)56-68(92-83-51-47-79(103-83)89(61-33-21-11-22-34-61)75-43-39-71(99-75)86(58-27-15-8-16-28-58)72-40-44-76(100-72)90(62-35-23-12-24-36-62)80-48-52-84(92)104-80)94(66)105-93(65)67(55-63)91-81-49-45-77(101-81)87(59-29-17-9-18-30-59)73-41-37-69(97-73)85(57-25-13-7-14-26-57)70-38-42-74(98-70)88(60-31-19-10-20-32-60)78-46-50-82(91)102-78/h7-56,97,99,102,104-105H,1-6H3. The predicted molar refractivity (Wildman–Crippen MR) is 442 cm³/mol. The van der Waals surface area contributed by atoms with Crippen LogP contribution in [-0.4, -0.2) is 44.9 Å². The number of benzene rings is 8. The summed E-state index contributed by atoms with van der Waals surface area (Å²) in [5.74, 6) is 0. The monoisotopic (exact) mass is 1350 g/mol. The van der Waals surface area contributed by atoms with Crippen LogP contribution in [0.5, 0.6) is 0 Å². The summed E-state index contributed by atoms with van der Waals surface area (Å²) in [6, 6.07) is 91.1. The third-order valence-corrected chi connectivity index (χ3v) is 21.0. The highest BCUT2D eigenvalue weighted by molar-refractivity contribution is 6.19. The Morgan fingerprint density at radius 1 is 0.210 bits per heavy atom. The first kappa shape index (κ1) is 62.7. The van der Waals surface area contributed by atoms with Crippen LogP contribution in [0, 0.1) is 0 Å². The number of nitrogens with zero attached hydrogens (tertiary/aromatic N) is 4. The molecule has 16 bridgehead atoms. The van der Waals surface area contributed by atoms with E-state index >= 15 is 0 Å². The van der Waals surface area contributed by atoms with Crippen molar-refractivity contribution >= 4 is 115 Å². The van der Waals surface area contributed by atoms with Crippen LogP contribution in [0.2, 0.25) is 0 Å². The third kappa shape index (κ3) is 11.0. The maximum Gasteiger partial charge on any atom is 0.0738 e.